The molecule has 0 radical (unpaired) electrons. The lowest BCUT2D eigenvalue weighted by atomic mass is 10.1. The summed E-state index contributed by atoms with van der Waals surface area (Å²) in [7, 11) is 0. The van der Waals surface area contributed by atoms with Gasteiger partial charge in [0.25, 0.3) is 11.8 Å². The van der Waals surface area contributed by atoms with Crippen molar-refractivity contribution in [2.75, 3.05) is 13.1 Å². The van der Waals surface area contributed by atoms with E-state index in [1.165, 1.54) is 12.1 Å². The molecule has 0 aliphatic carbocycles. The Morgan fingerprint density at radius 2 is 1.64 bits per heavy atom. The number of carboxylic acid groups (broad SMARTS) is 1. The summed E-state index contributed by atoms with van der Waals surface area (Å²) in [6.07, 6.45) is 0.0101. The molecule has 28 heavy (non-hydrogen) atoms. The molecule has 2 unspecified atom stereocenters. The molecule has 148 valence electrons. The van der Waals surface area contributed by atoms with Gasteiger partial charge in [-0.15, -0.1) is 0 Å². The Morgan fingerprint density at radius 3 is 2.21 bits per heavy atom. The second-order valence-electron chi connectivity index (χ2n) is 6.82. The van der Waals surface area contributed by atoms with Gasteiger partial charge in [0.2, 0.25) is 5.76 Å². The number of nitrogens with one attached hydrogen (secondary N) is 1. The summed E-state index contributed by atoms with van der Waals surface area (Å²) in [5.41, 5.74) is 1.38. The zero-order valence-electron chi connectivity index (χ0n) is 15.7. The largest absolute Gasteiger partial charge is 0.475 e. The van der Waals surface area contributed by atoms with Gasteiger partial charge in [0.05, 0.1) is 12.2 Å². The maximum atomic E-state index is 12.7. The molecule has 1 aliphatic heterocycles. The predicted octanol–water partition coefficient (Wildman–Crippen LogP) is 2.16. The van der Waals surface area contributed by atoms with Crippen LogP contribution in [0.3, 0.4) is 0 Å². The van der Waals surface area contributed by atoms with E-state index in [1.807, 2.05) is 13.8 Å². The Morgan fingerprint density at radius 1 is 1.04 bits per heavy atom. The van der Waals surface area contributed by atoms with Crippen molar-refractivity contribution in [3.63, 3.8) is 0 Å². The van der Waals surface area contributed by atoms with E-state index < -0.39 is 11.9 Å². The van der Waals surface area contributed by atoms with Crippen LogP contribution in [-0.2, 0) is 11.3 Å². The Kier molecular flexibility index (Phi) is 5.79. The van der Waals surface area contributed by atoms with Crippen molar-refractivity contribution in [1.29, 1.82) is 0 Å². The van der Waals surface area contributed by atoms with E-state index in [4.69, 9.17) is 14.3 Å². The second kappa shape index (κ2) is 8.26. The summed E-state index contributed by atoms with van der Waals surface area (Å²) >= 11 is 0. The van der Waals surface area contributed by atoms with Crippen LogP contribution in [0.2, 0.25) is 0 Å². The molecule has 1 fully saturated rings. The Hall–Kier alpha value is -3.13. The maximum Gasteiger partial charge on any atom is 0.371 e. The highest BCUT2D eigenvalue weighted by molar-refractivity contribution is 5.94. The Labute approximate surface area is 162 Å². The van der Waals surface area contributed by atoms with Crippen molar-refractivity contribution >= 4 is 17.8 Å². The third-order valence-corrected chi connectivity index (χ3v) is 4.40. The minimum atomic E-state index is -1.23. The number of carbonyl (C=O) groups is 3. The number of hydrogen-bond donors (Lipinski definition) is 2. The van der Waals surface area contributed by atoms with Gasteiger partial charge in [-0.25, -0.2) is 4.79 Å². The first kappa shape index (κ1) is 19.6. The second-order valence-corrected chi connectivity index (χ2v) is 6.82. The first-order chi connectivity index (χ1) is 13.3. The van der Waals surface area contributed by atoms with Crippen molar-refractivity contribution in [1.82, 2.24) is 10.2 Å². The fraction of sp³-hybridized carbons (Fsp3) is 0.350. The van der Waals surface area contributed by atoms with Crippen molar-refractivity contribution in [2.45, 2.75) is 32.6 Å². The average molecular weight is 386 g/mol. The van der Waals surface area contributed by atoms with Gasteiger partial charge in [0.1, 0.15) is 0 Å². The lowest BCUT2D eigenvalue weighted by Gasteiger charge is -2.35. The van der Waals surface area contributed by atoms with Gasteiger partial charge in [0.15, 0.2) is 5.76 Å². The molecule has 2 N–H and O–H groups in total. The Balaban J connectivity index is 1.57. The molecule has 1 aliphatic rings. The highest BCUT2D eigenvalue weighted by atomic mass is 16.5. The number of ether oxygens (including phenoxy) is 1. The number of aromatic carboxylic acids is 1. The third kappa shape index (κ3) is 4.58. The van der Waals surface area contributed by atoms with Gasteiger partial charge >= 0.3 is 5.97 Å². The highest BCUT2D eigenvalue weighted by Crippen LogP contribution is 2.15. The molecule has 0 spiro atoms. The molecule has 8 heteroatoms. The highest BCUT2D eigenvalue weighted by Gasteiger charge is 2.26. The summed E-state index contributed by atoms with van der Waals surface area (Å²) in [5, 5.41) is 11.5. The summed E-state index contributed by atoms with van der Waals surface area (Å²) in [6, 6.07) is 9.53. The Bertz CT molecular complexity index is 863. The molecule has 1 aromatic carbocycles. The van der Waals surface area contributed by atoms with Gasteiger partial charge < -0.3 is 24.5 Å². The van der Waals surface area contributed by atoms with Crippen LogP contribution >= 0.6 is 0 Å². The van der Waals surface area contributed by atoms with E-state index in [0.717, 1.165) is 5.56 Å². The zero-order chi connectivity index (χ0) is 20.3. The molecule has 0 bridgehead atoms. The number of morpholine rings is 1. The molecular formula is C20H22N2O6. The van der Waals surface area contributed by atoms with E-state index in [2.05, 4.69) is 5.32 Å². The van der Waals surface area contributed by atoms with Crippen LogP contribution in [-0.4, -0.2) is 53.1 Å². The molecular weight excluding hydrogens is 364 g/mol. The number of amides is 2. The van der Waals surface area contributed by atoms with Crippen molar-refractivity contribution in [2.24, 2.45) is 0 Å². The monoisotopic (exact) mass is 386 g/mol. The lowest BCUT2D eigenvalue weighted by molar-refractivity contribution is -0.0586. The summed E-state index contributed by atoms with van der Waals surface area (Å²) in [4.78, 5) is 37.3. The maximum absolute atomic E-state index is 12.7. The minimum absolute atomic E-state index is 0.00503. The summed E-state index contributed by atoms with van der Waals surface area (Å²) in [5.74, 6) is -2.15. The number of rotatable bonds is 5. The molecule has 2 aromatic rings. The van der Waals surface area contributed by atoms with Crippen LogP contribution in [0.1, 0.15) is 50.9 Å². The number of carbonyl (C=O) groups excluding carboxylic acids is 2. The normalized spacial score (nSPS) is 19.3. The number of nitrogens with zero attached hydrogens (tertiary/aromatic N) is 1. The number of benzene rings is 1. The topological polar surface area (TPSA) is 109 Å². The number of carboxylic acids is 1. The van der Waals surface area contributed by atoms with Crippen molar-refractivity contribution in [3.05, 3.63) is 59.0 Å². The van der Waals surface area contributed by atoms with Gasteiger partial charge in [-0.1, -0.05) is 12.1 Å². The summed E-state index contributed by atoms with van der Waals surface area (Å²) in [6.45, 7) is 5.23. The molecule has 1 saturated heterocycles. The zero-order valence-corrected chi connectivity index (χ0v) is 15.7. The van der Waals surface area contributed by atoms with E-state index in [9.17, 15) is 14.4 Å². The van der Waals surface area contributed by atoms with E-state index >= 15 is 0 Å². The third-order valence-electron chi connectivity index (χ3n) is 4.40. The van der Waals surface area contributed by atoms with Crippen molar-refractivity contribution in [3.8, 4) is 0 Å². The van der Waals surface area contributed by atoms with Gasteiger partial charge in [0, 0.05) is 25.2 Å². The summed E-state index contributed by atoms with van der Waals surface area (Å²) < 4.78 is 10.6. The standard InChI is InChI=1S/C20H22N2O6/c1-12-10-22(11-13(2)27-12)19(24)15-5-3-14(4-6-15)9-21-18(23)16-7-8-17(28-16)20(25)26/h3-8,12-13H,9-11H2,1-2H3,(H,21,23)(H,25,26). The predicted molar refractivity (Wildman–Crippen MR) is 99.2 cm³/mol. The SMILES string of the molecule is CC1CN(C(=O)c2ccc(CNC(=O)c3ccc(C(=O)O)o3)cc2)CC(C)O1. The average Bonchev–Trinajstić information content (AvgIpc) is 3.16. The molecule has 8 nitrogen and oxygen atoms in total. The first-order valence-electron chi connectivity index (χ1n) is 8.98. The molecule has 3 rings (SSSR count). The molecule has 0 saturated carbocycles. The van der Waals surface area contributed by atoms with Crippen LogP contribution in [0.5, 0.6) is 0 Å². The van der Waals surface area contributed by atoms with Gasteiger partial charge in [-0.2, -0.15) is 0 Å². The van der Waals surface area contributed by atoms with E-state index in [0.29, 0.717) is 18.7 Å². The fourth-order valence-corrected chi connectivity index (χ4v) is 3.14. The molecule has 1 aromatic heterocycles. The van der Waals surface area contributed by atoms with Crippen LogP contribution in [0, 0.1) is 0 Å². The lowest BCUT2D eigenvalue weighted by Crippen LogP contribution is -2.48. The van der Waals surface area contributed by atoms with Gasteiger partial charge in [-0.3, -0.25) is 9.59 Å². The number of hydrogen-bond acceptors (Lipinski definition) is 5. The van der Waals surface area contributed by atoms with Crippen LogP contribution in [0.15, 0.2) is 40.8 Å². The van der Waals surface area contributed by atoms with Crippen LogP contribution in [0.25, 0.3) is 0 Å². The molecule has 2 amide bonds. The van der Waals surface area contributed by atoms with Crippen molar-refractivity contribution < 1.29 is 28.6 Å². The van der Waals surface area contributed by atoms with Crippen LogP contribution in [0.4, 0.5) is 0 Å². The van der Waals surface area contributed by atoms with Gasteiger partial charge in [-0.05, 0) is 43.7 Å². The van der Waals surface area contributed by atoms with Crippen LogP contribution < -0.4 is 5.32 Å². The quantitative estimate of drug-likeness (QED) is 0.815. The minimum Gasteiger partial charge on any atom is -0.475 e. The smallest absolute Gasteiger partial charge is 0.371 e. The fourth-order valence-electron chi connectivity index (χ4n) is 3.14. The van der Waals surface area contributed by atoms with E-state index in [-0.39, 0.29) is 36.2 Å². The molecule has 2 heterocycles. The number of furan rings is 1. The molecule has 2 atom stereocenters. The van der Waals surface area contributed by atoms with E-state index in [1.54, 1.807) is 29.2 Å². The first-order valence-corrected chi connectivity index (χ1v) is 8.98.